The van der Waals surface area contributed by atoms with Gasteiger partial charge in [0, 0.05) is 26.8 Å². The van der Waals surface area contributed by atoms with E-state index >= 15 is 0 Å². The van der Waals surface area contributed by atoms with Gasteiger partial charge in [-0.15, -0.1) is 0 Å². The first kappa shape index (κ1) is 13.1. The summed E-state index contributed by atoms with van der Waals surface area (Å²) in [6.45, 7) is 3.08. The van der Waals surface area contributed by atoms with Crippen molar-refractivity contribution in [3.05, 3.63) is 35.4 Å². The first-order valence-electron chi connectivity index (χ1n) is 7.60. The molecule has 0 amide bonds. The van der Waals surface area contributed by atoms with Crippen LogP contribution in [-0.2, 0) is 11.3 Å². The lowest BCUT2D eigenvalue weighted by Gasteiger charge is -2.16. The molecule has 104 valence electrons. The van der Waals surface area contributed by atoms with Crippen molar-refractivity contribution >= 4 is 0 Å². The number of benzene rings is 1. The molecule has 0 radical (unpaired) electrons. The minimum Gasteiger partial charge on any atom is -0.385 e. The molecule has 2 nitrogen and oxygen atoms in total. The molecule has 3 rings (SSSR count). The zero-order valence-electron chi connectivity index (χ0n) is 12.0. The molecule has 1 aromatic rings. The molecular formula is C17H25NO. The van der Waals surface area contributed by atoms with Gasteiger partial charge < -0.3 is 10.1 Å². The Hall–Kier alpha value is -0.860. The van der Waals surface area contributed by atoms with Gasteiger partial charge in [0.1, 0.15) is 0 Å². The highest BCUT2D eigenvalue weighted by Gasteiger charge is 2.41. The van der Waals surface area contributed by atoms with Crippen molar-refractivity contribution in [3.8, 4) is 0 Å². The molecule has 2 aliphatic carbocycles. The van der Waals surface area contributed by atoms with E-state index in [1.807, 2.05) is 0 Å². The number of rotatable bonds is 8. The van der Waals surface area contributed by atoms with Crippen molar-refractivity contribution in [2.75, 3.05) is 20.3 Å². The fourth-order valence-corrected chi connectivity index (χ4v) is 2.96. The van der Waals surface area contributed by atoms with Crippen LogP contribution in [0.15, 0.2) is 24.3 Å². The van der Waals surface area contributed by atoms with Gasteiger partial charge >= 0.3 is 0 Å². The zero-order valence-corrected chi connectivity index (χ0v) is 12.0. The van der Waals surface area contributed by atoms with Gasteiger partial charge in [0.05, 0.1) is 0 Å². The first-order chi connectivity index (χ1) is 9.33. The summed E-state index contributed by atoms with van der Waals surface area (Å²) >= 11 is 0. The fraction of sp³-hybridized carbons (Fsp3) is 0.647. The van der Waals surface area contributed by atoms with Gasteiger partial charge in [-0.05, 0) is 54.6 Å². The van der Waals surface area contributed by atoms with Crippen molar-refractivity contribution in [3.63, 3.8) is 0 Å². The molecule has 0 unspecified atom stereocenters. The van der Waals surface area contributed by atoms with Crippen LogP contribution >= 0.6 is 0 Å². The van der Waals surface area contributed by atoms with E-state index < -0.39 is 0 Å². The van der Waals surface area contributed by atoms with E-state index in [0.717, 1.165) is 25.6 Å². The van der Waals surface area contributed by atoms with Crippen molar-refractivity contribution in [1.82, 2.24) is 5.32 Å². The van der Waals surface area contributed by atoms with Gasteiger partial charge in [-0.25, -0.2) is 0 Å². The van der Waals surface area contributed by atoms with Gasteiger partial charge in [0.2, 0.25) is 0 Å². The molecule has 2 saturated carbocycles. The van der Waals surface area contributed by atoms with Crippen LogP contribution in [0.5, 0.6) is 0 Å². The van der Waals surface area contributed by atoms with Crippen LogP contribution in [-0.4, -0.2) is 20.3 Å². The molecule has 0 saturated heterocycles. The topological polar surface area (TPSA) is 21.3 Å². The summed E-state index contributed by atoms with van der Waals surface area (Å²) in [6.07, 6.45) is 6.71. The van der Waals surface area contributed by atoms with E-state index in [-0.39, 0.29) is 0 Å². The maximum Gasteiger partial charge on any atom is 0.0468 e. The van der Waals surface area contributed by atoms with Crippen LogP contribution in [0.25, 0.3) is 0 Å². The molecule has 0 heterocycles. The number of methoxy groups -OCH3 is 1. The lowest BCUT2D eigenvalue weighted by molar-refractivity contribution is 0.171. The Bertz CT molecular complexity index is 421. The largest absolute Gasteiger partial charge is 0.385 e. The van der Waals surface area contributed by atoms with Crippen LogP contribution in [0.1, 0.15) is 49.1 Å². The average molecular weight is 259 g/mol. The molecule has 0 bridgehead atoms. The summed E-state index contributed by atoms with van der Waals surface area (Å²) < 4.78 is 5.21. The summed E-state index contributed by atoms with van der Waals surface area (Å²) in [6, 6.07) is 8.95. The Labute approximate surface area is 116 Å². The third-order valence-electron chi connectivity index (χ3n) is 4.68. The SMILES string of the molecule is COCCC1(CNCc2ccccc2C2CC2)CC1. The van der Waals surface area contributed by atoms with E-state index in [4.69, 9.17) is 4.74 Å². The van der Waals surface area contributed by atoms with Crippen molar-refractivity contribution in [2.24, 2.45) is 5.41 Å². The summed E-state index contributed by atoms with van der Waals surface area (Å²) in [7, 11) is 1.80. The molecule has 2 fully saturated rings. The highest BCUT2D eigenvalue weighted by Crippen LogP contribution is 2.48. The van der Waals surface area contributed by atoms with Gasteiger partial charge in [0.25, 0.3) is 0 Å². The second-order valence-corrected chi connectivity index (χ2v) is 6.32. The highest BCUT2D eigenvalue weighted by molar-refractivity contribution is 5.33. The molecular weight excluding hydrogens is 234 g/mol. The Kier molecular flexibility index (Phi) is 3.90. The van der Waals surface area contributed by atoms with Crippen molar-refractivity contribution in [2.45, 2.75) is 44.6 Å². The highest BCUT2D eigenvalue weighted by atomic mass is 16.5. The van der Waals surface area contributed by atoms with E-state index in [2.05, 4.69) is 29.6 Å². The molecule has 1 N–H and O–H groups in total. The second-order valence-electron chi connectivity index (χ2n) is 6.32. The molecule has 19 heavy (non-hydrogen) atoms. The van der Waals surface area contributed by atoms with Gasteiger partial charge in [-0.3, -0.25) is 0 Å². The number of hydrogen-bond donors (Lipinski definition) is 1. The van der Waals surface area contributed by atoms with Gasteiger partial charge in [-0.2, -0.15) is 0 Å². The molecule has 0 atom stereocenters. The third kappa shape index (κ3) is 3.37. The predicted octanol–water partition coefficient (Wildman–Crippen LogP) is 3.47. The molecule has 0 aliphatic heterocycles. The molecule has 2 heteroatoms. The fourth-order valence-electron chi connectivity index (χ4n) is 2.96. The summed E-state index contributed by atoms with van der Waals surface area (Å²) in [5.41, 5.74) is 3.63. The van der Waals surface area contributed by atoms with Crippen LogP contribution < -0.4 is 5.32 Å². The number of hydrogen-bond acceptors (Lipinski definition) is 2. The minimum absolute atomic E-state index is 0.546. The second kappa shape index (κ2) is 5.64. The first-order valence-corrected chi connectivity index (χ1v) is 7.60. The van der Waals surface area contributed by atoms with E-state index in [1.165, 1.54) is 37.7 Å². The van der Waals surface area contributed by atoms with E-state index in [9.17, 15) is 0 Å². The minimum atomic E-state index is 0.546. The predicted molar refractivity (Wildman–Crippen MR) is 78.3 cm³/mol. The van der Waals surface area contributed by atoms with Crippen LogP contribution in [0.4, 0.5) is 0 Å². The number of ether oxygens (including phenoxy) is 1. The van der Waals surface area contributed by atoms with Gasteiger partial charge in [0.15, 0.2) is 0 Å². The third-order valence-corrected chi connectivity index (χ3v) is 4.68. The summed E-state index contributed by atoms with van der Waals surface area (Å²) in [4.78, 5) is 0. The zero-order chi connectivity index (χ0) is 13.1. The Morgan fingerprint density at radius 3 is 2.74 bits per heavy atom. The monoisotopic (exact) mass is 259 g/mol. The van der Waals surface area contributed by atoms with E-state index in [0.29, 0.717) is 5.41 Å². The Balaban J connectivity index is 1.50. The van der Waals surface area contributed by atoms with Crippen LogP contribution in [0.2, 0.25) is 0 Å². The lowest BCUT2D eigenvalue weighted by Crippen LogP contribution is -2.25. The van der Waals surface area contributed by atoms with E-state index in [1.54, 1.807) is 12.7 Å². The quantitative estimate of drug-likeness (QED) is 0.772. The maximum absolute atomic E-state index is 5.21. The standard InChI is InChI=1S/C17H25NO/c1-19-11-10-17(8-9-17)13-18-12-15-4-2-3-5-16(15)14-6-7-14/h2-5,14,18H,6-13H2,1H3. The van der Waals surface area contributed by atoms with Gasteiger partial charge in [-0.1, -0.05) is 24.3 Å². The Morgan fingerprint density at radius 1 is 1.26 bits per heavy atom. The maximum atomic E-state index is 5.21. The summed E-state index contributed by atoms with van der Waals surface area (Å²) in [5.74, 6) is 0.848. The lowest BCUT2D eigenvalue weighted by atomic mass is 10.0. The average Bonchev–Trinajstić information content (AvgIpc) is 3.33. The van der Waals surface area contributed by atoms with Crippen molar-refractivity contribution in [1.29, 1.82) is 0 Å². The van der Waals surface area contributed by atoms with Crippen LogP contribution in [0, 0.1) is 5.41 Å². The Morgan fingerprint density at radius 2 is 2.05 bits per heavy atom. The van der Waals surface area contributed by atoms with Crippen LogP contribution in [0.3, 0.4) is 0 Å². The summed E-state index contributed by atoms with van der Waals surface area (Å²) in [5, 5.41) is 3.68. The normalized spacial score (nSPS) is 20.5. The molecule has 1 aromatic carbocycles. The molecule has 2 aliphatic rings. The van der Waals surface area contributed by atoms with Crippen molar-refractivity contribution < 1.29 is 4.74 Å². The smallest absolute Gasteiger partial charge is 0.0468 e. The molecule has 0 aromatic heterocycles. The molecule has 0 spiro atoms. The number of nitrogens with one attached hydrogen (secondary N) is 1.